The van der Waals surface area contributed by atoms with E-state index >= 15 is 0 Å². The molecule has 0 radical (unpaired) electrons. The maximum Gasteiger partial charge on any atom is 0.0406 e. The number of rotatable bonds is 3. The van der Waals surface area contributed by atoms with E-state index in [2.05, 4.69) is 17.0 Å². The van der Waals surface area contributed by atoms with Gasteiger partial charge in [0.25, 0.3) is 0 Å². The quantitative estimate of drug-likeness (QED) is 0.920. The van der Waals surface area contributed by atoms with Crippen molar-refractivity contribution in [3.05, 3.63) is 34.9 Å². The minimum atomic E-state index is 0.314. The third-order valence-electron chi connectivity index (χ3n) is 4.64. The molecule has 2 unspecified atom stereocenters. The van der Waals surface area contributed by atoms with E-state index < -0.39 is 0 Å². The largest absolute Gasteiger partial charge is 0.327 e. The van der Waals surface area contributed by atoms with Crippen molar-refractivity contribution in [1.82, 2.24) is 4.90 Å². The summed E-state index contributed by atoms with van der Waals surface area (Å²) in [5, 5.41) is 0.815. The minimum Gasteiger partial charge on any atom is -0.327 e. The molecule has 2 aliphatic rings. The molecule has 0 spiro atoms. The predicted octanol–water partition coefficient (Wildman–Crippen LogP) is 3.26. The third kappa shape index (κ3) is 3.31. The first-order chi connectivity index (χ1) is 9.20. The molecule has 2 N–H and O–H groups in total. The van der Waals surface area contributed by atoms with Gasteiger partial charge in [0.05, 0.1) is 0 Å². The van der Waals surface area contributed by atoms with Crippen LogP contribution in [-0.2, 0) is 0 Å². The molecule has 104 valence electrons. The summed E-state index contributed by atoms with van der Waals surface area (Å²) in [6, 6.07) is 8.62. The molecule has 19 heavy (non-hydrogen) atoms. The first-order valence-electron chi connectivity index (χ1n) is 7.44. The smallest absolute Gasteiger partial charge is 0.0406 e. The van der Waals surface area contributed by atoms with Crippen molar-refractivity contribution in [2.45, 2.75) is 37.6 Å². The molecule has 1 aromatic rings. The summed E-state index contributed by atoms with van der Waals surface area (Å²) in [5.74, 6) is 1.50. The molecule has 2 atom stereocenters. The maximum atomic E-state index is 6.25. The zero-order valence-electron chi connectivity index (χ0n) is 11.4. The van der Waals surface area contributed by atoms with Gasteiger partial charge in [0.1, 0.15) is 0 Å². The molecular formula is C16H23ClN2. The summed E-state index contributed by atoms with van der Waals surface area (Å²) < 4.78 is 0. The fraction of sp³-hybridized carbons (Fsp3) is 0.625. The van der Waals surface area contributed by atoms with Gasteiger partial charge in [-0.05, 0) is 48.8 Å². The molecule has 0 bridgehead atoms. The Morgan fingerprint density at radius 2 is 1.89 bits per heavy atom. The van der Waals surface area contributed by atoms with Gasteiger partial charge in [-0.2, -0.15) is 0 Å². The fourth-order valence-electron chi connectivity index (χ4n) is 3.40. The Labute approximate surface area is 120 Å². The van der Waals surface area contributed by atoms with Gasteiger partial charge in [0.2, 0.25) is 0 Å². The summed E-state index contributed by atoms with van der Waals surface area (Å²) in [5.41, 5.74) is 7.64. The van der Waals surface area contributed by atoms with Crippen LogP contribution in [0.3, 0.4) is 0 Å². The topological polar surface area (TPSA) is 29.3 Å². The van der Waals surface area contributed by atoms with Crippen LogP contribution in [0.4, 0.5) is 0 Å². The van der Waals surface area contributed by atoms with Crippen LogP contribution in [0.2, 0.25) is 5.02 Å². The van der Waals surface area contributed by atoms with Crippen molar-refractivity contribution in [3.63, 3.8) is 0 Å². The van der Waals surface area contributed by atoms with Gasteiger partial charge in [-0.3, -0.25) is 0 Å². The van der Waals surface area contributed by atoms with Crippen LogP contribution in [0, 0.1) is 5.92 Å². The van der Waals surface area contributed by atoms with E-state index in [0.29, 0.717) is 12.0 Å². The van der Waals surface area contributed by atoms with E-state index in [1.54, 1.807) is 0 Å². The number of piperidine rings is 1. The Bertz CT molecular complexity index is 413. The van der Waals surface area contributed by atoms with Crippen molar-refractivity contribution in [2.24, 2.45) is 11.7 Å². The monoisotopic (exact) mass is 278 g/mol. The first-order valence-corrected chi connectivity index (χ1v) is 7.82. The second-order valence-electron chi connectivity index (χ2n) is 6.26. The summed E-state index contributed by atoms with van der Waals surface area (Å²) in [7, 11) is 0. The molecule has 1 aromatic carbocycles. The molecule has 2 fully saturated rings. The highest BCUT2D eigenvalue weighted by Crippen LogP contribution is 2.31. The minimum absolute atomic E-state index is 0.314. The molecule has 0 amide bonds. The average molecular weight is 279 g/mol. The molecule has 1 saturated heterocycles. The van der Waals surface area contributed by atoms with E-state index in [-0.39, 0.29) is 0 Å². The van der Waals surface area contributed by atoms with Crippen LogP contribution in [0.25, 0.3) is 0 Å². The number of halogens is 1. The predicted molar refractivity (Wildman–Crippen MR) is 80.6 cm³/mol. The van der Waals surface area contributed by atoms with Crippen LogP contribution < -0.4 is 5.73 Å². The molecule has 2 nitrogen and oxygen atoms in total. The maximum absolute atomic E-state index is 6.25. The number of nitrogens with two attached hydrogens (primary N) is 1. The van der Waals surface area contributed by atoms with Crippen LogP contribution >= 0.6 is 11.6 Å². The molecule has 1 saturated carbocycles. The highest BCUT2D eigenvalue weighted by Gasteiger charge is 2.29. The van der Waals surface area contributed by atoms with Crippen LogP contribution in [0.1, 0.15) is 37.2 Å². The van der Waals surface area contributed by atoms with Gasteiger partial charge in [0, 0.05) is 30.7 Å². The van der Waals surface area contributed by atoms with Crippen molar-refractivity contribution < 1.29 is 0 Å². The molecule has 1 heterocycles. The Morgan fingerprint density at radius 1 is 1.16 bits per heavy atom. The number of likely N-dealkylation sites (tertiary alicyclic amines) is 1. The van der Waals surface area contributed by atoms with Crippen molar-refractivity contribution in [1.29, 1.82) is 0 Å². The van der Waals surface area contributed by atoms with E-state index in [1.807, 2.05) is 12.1 Å². The summed E-state index contributed by atoms with van der Waals surface area (Å²) in [6.07, 6.45) is 5.35. The van der Waals surface area contributed by atoms with Gasteiger partial charge in [-0.15, -0.1) is 0 Å². The van der Waals surface area contributed by atoms with Crippen molar-refractivity contribution in [3.8, 4) is 0 Å². The standard InChI is InChI=1S/C16H23ClN2/c17-15-6-4-13(5-7-15)14-8-16(18)11-19(10-14)9-12-2-1-3-12/h4-7,12,14,16H,1-3,8-11,18H2. The van der Waals surface area contributed by atoms with Gasteiger partial charge in [0.15, 0.2) is 0 Å². The summed E-state index contributed by atoms with van der Waals surface area (Å²) in [4.78, 5) is 2.58. The highest BCUT2D eigenvalue weighted by molar-refractivity contribution is 6.30. The van der Waals surface area contributed by atoms with Gasteiger partial charge < -0.3 is 10.6 Å². The molecule has 3 heteroatoms. The lowest BCUT2D eigenvalue weighted by atomic mass is 9.83. The normalized spacial score (nSPS) is 29.2. The van der Waals surface area contributed by atoms with Gasteiger partial charge in [-0.1, -0.05) is 30.2 Å². The molecule has 1 aliphatic carbocycles. The Morgan fingerprint density at radius 3 is 2.53 bits per heavy atom. The second kappa shape index (κ2) is 5.82. The first kappa shape index (κ1) is 13.4. The number of benzene rings is 1. The van der Waals surface area contributed by atoms with E-state index in [1.165, 1.54) is 31.4 Å². The Balaban J connectivity index is 1.65. The summed E-state index contributed by atoms with van der Waals surface area (Å²) in [6.45, 7) is 3.48. The highest BCUT2D eigenvalue weighted by atomic mass is 35.5. The third-order valence-corrected chi connectivity index (χ3v) is 4.89. The fourth-order valence-corrected chi connectivity index (χ4v) is 3.52. The summed E-state index contributed by atoms with van der Waals surface area (Å²) >= 11 is 5.97. The van der Waals surface area contributed by atoms with Crippen LogP contribution in [-0.4, -0.2) is 30.6 Å². The van der Waals surface area contributed by atoms with Crippen molar-refractivity contribution in [2.75, 3.05) is 19.6 Å². The van der Waals surface area contributed by atoms with Gasteiger partial charge >= 0.3 is 0 Å². The van der Waals surface area contributed by atoms with Crippen LogP contribution in [0.15, 0.2) is 24.3 Å². The van der Waals surface area contributed by atoms with E-state index in [4.69, 9.17) is 17.3 Å². The van der Waals surface area contributed by atoms with E-state index in [9.17, 15) is 0 Å². The molecule has 3 rings (SSSR count). The lowest BCUT2D eigenvalue weighted by Crippen LogP contribution is -2.48. The lowest BCUT2D eigenvalue weighted by Gasteiger charge is -2.40. The van der Waals surface area contributed by atoms with E-state index in [0.717, 1.165) is 30.5 Å². The lowest BCUT2D eigenvalue weighted by molar-refractivity contribution is 0.133. The van der Waals surface area contributed by atoms with Gasteiger partial charge in [-0.25, -0.2) is 0 Å². The average Bonchev–Trinajstić information content (AvgIpc) is 2.34. The zero-order chi connectivity index (χ0) is 13.2. The zero-order valence-corrected chi connectivity index (χ0v) is 12.1. The Kier molecular flexibility index (Phi) is 4.11. The SMILES string of the molecule is NC1CC(c2ccc(Cl)cc2)CN(CC2CCC2)C1. The van der Waals surface area contributed by atoms with Crippen LogP contribution in [0.5, 0.6) is 0 Å². The molecular weight excluding hydrogens is 256 g/mol. The number of hydrogen-bond acceptors (Lipinski definition) is 2. The van der Waals surface area contributed by atoms with Crippen molar-refractivity contribution >= 4 is 11.6 Å². The second-order valence-corrected chi connectivity index (χ2v) is 6.70. The molecule has 0 aromatic heterocycles. The number of nitrogens with zero attached hydrogens (tertiary/aromatic N) is 1. The number of hydrogen-bond donors (Lipinski definition) is 1. The Hall–Kier alpha value is -0.570. The molecule has 1 aliphatic heterocycles.